The summed E-state index contributed by atoms with van der Waals surface area (Å²) < 4.78 is 10.1. The van der Waals surface area contributed by atoms with Crippen molar-refractivity contribution in [1.82, 2.24) is 5.32 Å². The van der Waals surface area contributed by atoms with E-state index in [1.54, 1.807) is 6.07 Å². The lowest BCUT2D eigenvalue weighted by Crippen LogP contribution is -2.36. The van der Waals surface area contributed by atoms with Crippen LogP contribution in [-0.4, -0.2) is 32.1 Å². The number of ketones is 1. The van der Waals surface area contributed by atoms with Crippen molar-refractivity contribution in [3.05, 3.63) is 24.2 Å². The van der Waals surface area contributed by atoms with Gasteiger partial charge >= 0.3 is 0 Å². The van der Waals surface area contributed by atoms with Gasteiger partial charge in [-0.3, -0.25) is 4.79 Å². The van der Waals surface area contributed by atoms with E-state index in [1.807, 2.05) is 7.05 Å². The Hall–Kier alpha value is -1.13. The summed E-state index contributed by atoms with van der Waals surface area (Å²) in [6.07, 6.45) is 2.99. The van der Waals surface area contributed by atoms with Crippen LogP contribution in [0.2, 0.25) is 0 Å². The van der Waals surface area contributed by atoms with Crippen molar-refractivity contribution in [2.75, 3.05) is 20.3 Å². The third-order valence-corrected chi connectivity index (χ3v) is 2.59. The number of hydrogen-bond acceptors (Lipinski definition) is 4. The van der Waals surface area contributed by atoms with Crippen molar-refractivity contribution in [3.63, 3.8) is 0 Å². The highest BCUT2D eigenvalue weighted by atomic mass is 16.5. The molecule has 1 aliphatic heterocycles. The van der Waals surface area contributed by atoms with Crippen LogP contribution in [0.5, 0.6) is 0 Å². The van der Waals surface area contributed by atoms with Gasteiger partial charge in [0, 0.05) is 6.04 Å². The molecular weight excluding hydrogens is 182 g/mol. The van der Waals surface area contributed by atoms with E-state index in [2.05, 4.69) is 5.32 Å². The van der Waals surface area contributed by atoms with Gasteiger partial charge in [0.15, 0.2) is 5.78 Å². The Morgan fingerprint density at radius 1 is 1.57 bits per heavy atom. The molecule has 14 heavy (non-hydrogen) atoms. The van der Waals surface area contributed by atoms with Gasteiger partial charge in [-0.05, 0) is 13.1 Å². The van der Waals surface area contributed by atoms with Crippen LogP contribution in [-0.2, 0) is 4.74 Å². The molecule has 0 aliphatic carbocycles. The predicted molar refractivity (Wildman–Crippen MR) is 50.2 cm³/mol. The quantitative estimate of drug-likeness (QED) is 0.721. The summed E-state index contributed by atoms with van der Waals surface area (Å²) >= 11 is 0. The lowest BCUT2D eigenvalue weighted by molar-refractivity contribution is 0.0892. The second kappa shape index (κ2) is 3.94. The number of rotatable bonds is 3. The molecule has 1 aliphatic rings. The molecule has 0 bridgehead atoms. The lowest BCUT2D eigenvalue weighted by Gasteiger charge is -2.14. The summed E-state index contributed by atoms with van der Waals surface area (Å²) in [6, 6.07) is 1.81. The molecule has 1 aromatic rings. The smallest absolute Gasteiger partial charge is 0.173 e. The molecule has 4 heteroatoms. The van der Waals surface area contributed by atoms with Crippen molar-refractivity contribution in [3.8, 4) is 0 Å². The Morgan fingerprint density at radius 2 is 2.43 bits per heavy atom. The topological polar surface area (TPSA) is 51.5 Å². The molecule has 0 amide bonds. The van der Waals surface area contributed by atoms with Crippen molar-refractivity contribution in [2.45, 2.75) is 6.04 Å². The van der Waals surface area contributed by atoms with Crippen molar-refractivity contribution < 1.29 is 13.9 Å². The SMILES string of the molecule is CNC1COCC1C(=O)c1ccoc1. The van der Waals surface area contributed by atoms with Gasteiger partial charge in [0.05, 0.1) is 31.0 Å². The maximum absolute atomic E-state index is 11.9. The average Bonchev–Trinajstić information content (AvgIpc) is 2.87. The Morgan fingerprint density at radius 3 is 3.07 bits per heavy atom. The molecule has 1 fully saturated rings. The van der Waals surface area contributed by atoms with Crippen LogP contribution in [0, 0.1) is 5.92 Å². The van der Waals surface area contributed by atoms with E-state index in [0.29, 0.717) is 18.8 Å². The molecule has 1 saturated heterocycles. The van der Waals surface area contributed by atoms with Gasteiger partial charge in [-0.1, -0.05) is 0 Å². The van der Waals surface area contributed by atoms with Crippen LogP contribution < -0.4 is 5.32 Å². The molecule has 2 atom stereocenters. The number of Topliss-reactive ketones (excluding diaryl/α,β-unsaturated/α-hetero) is 1. The molecular formula is C10H13NO3. The Kier molecular flexibility index (Phi) is 2.65. The summed E-state index contributed by atoms with van der Waals surface area (Å²) in [6.45, 7) is 1.10. The van der Waals surface area contributed by atoms with Crippen LogP contribution in [0.3, 0.4) is 0 Å². The van der Waals surface area contributed by atoms with Crippen LogP contribution in [0.1, 0.15) is 10.4 Å². The van der Waals surface area contributed by atoms with Gasteiger partial charge in [-0.25, -0.2) is 0 Å². The second-order valence-corrected chi connectivity index (χ2v) is 3.42. The maximum Gasteiger partial charge on any atom is 0.173 e. The minimum absolute atomic E-state index is 0.0856. The number of likely N-dealkylation sites (N-methyl/N-ethyl adjacent to an activating group) is 1. The van der Waals surface area contributed by atoms with E-state index < -0.39 is 0 Å². The summed E-state index contributed by atoms with van der Waals surface area (Å²) in [5, 5.41) is 3.08. The fourth-order valence-electron chi connectivity index (χ4n) is 1.72. The van der Waals surface area contributed by atoms with Gasteiger partial charge in [-0.2, -0.15) is 0 Å². The molecule has 0 radical (unpaired) electrons. The van der Waals surface area contributed by atoms with E-state index in [9.17, 15) is 4.79 Å². The molecule has 0 aromatic carbocycles. The molecule has 2 heterocycles. The van der Waals surface area contributed by atoms with E-state index in [0.717, 1.165) is 0 Å². The minimum atomic E-state index is -0.0856. The minimum Gasteiger partial charge on any atom is -0.472 e. The molecule has 1 N–H and O–H groups in total. The first-order valence-electron chi connectivity index (χ1n) is 4.64. The maximum atomic E-state index is 11.9. The predicted octanol–water partition coefficient (Wildman–Crippen LogP) is 0.697. The first-order chi connectivity index (χ1) is 6.83. The largest absolute Gasteiger partial charge is 0.472 e. The van der Waals surface area contributed by atoms with Crippen molar-refractivity contribution >= 4 is 5.78 Å². The van der Waals surface area contributed by atoms with Crippen molar-refractivity contribution in [1.29, 1.82) is 0 Å². The van der Waals surface area contributed by atoms with Gasteiger partial charge in [-0.15, -0.1) is 0 Å². The fraction of sp³-hybridized carbons (Fsp3) is 0.500. The van der Waals surface area contributed by atoms with Gasteiger partial charge in [0.25, 0.3) is 0 Å². The second-order valence-electron chi connectivity index (χ2n) is 3.42. The third kappa shape index (κ3) is 1.58. The molecule has 1 aromatic heterocycles. The molecule has 0 spiro atoms. The highest BCUT2D eigenvalue weighted by molar-refractivity contribution is 5.98. The van der Waals surface area contributed by atoms with Crippen LogP contribution in [0.4, 0.5) is 0 Å². The Labute approximate surface area is 82.2 Å². The highest BCUT2D eigenvalue weighted by Gasteiger charge is 2.33. The Balaban J connectivity index is 2.11. The standard InChI is InChI=1S/C10H13NO3/c1-11-9-6-14-5-8(9)10(12)7-2-3-13-4-7/h2-4,8-9,11H,5-6H2,1H3. The van der Waals surface area contributed by atoms with Crippen molar-refractivity contribution in [2.24, 2.45) is 5.92 Å². The van der Waals surface area contributed by atoms with E-state index in [-0.39, 0.29) is 17.7 Å². The number of nitrogens with one attached hydrogen (secondary N) is 1. The summed E-state index contributed by atoms with van der Waals surface area (Å²) in [7, 11) is 1.84. The first-order valence-corrected chi connectivity index (χ1v) is 4.64. The Bertz CT molecular complexity index is 307. The van der Waals surface area contributed by atoms with Crippen LogP contribution in [0.25, 0.3) is 0 Å². The fourth-order valence-corrected chi connectivity index (χ4v) is 1.72. The zero-order valence-electron chi connectivity index (χ0n) is 8.03. The zero-order chi connectivity index (χ0) is 9.97. The lowest BCUT2D eigenvalue weighted by atomic mass is 9.95. The van der Waals surface area contributed by atoms with E-state index in [1.165, 1.54) is 12.5 Å². The number of carbonyl (C=O) groups is 1. The molecule has 2 rings (SSSR count). The first kappa shape index (κ1) is 9.43. The van der Waals surface area contributed by atoms with Crippen LogP contribution >= 0.6 is 0 Å². The van der Waals surface area contributed by atoms with E-state index in [4.69, 9.17) is 9.15 Å². The number of furan rings is 1. The summed E-state index contributed by atoms with van der Waals surface area (Å²) in [4.78, 5) is 11.9. The molecule has 76 valence electrons. The normalized spacial score (nSPS) is 26.6. The number of hydrogen-bond donors (Lipinski definition) is 1. The highest BCUT2D eigenvalue weighted by Crippen LogP contribution is 2.19. The third-order valence-electron chi connectivity index (χ3n) is 2.59. The summed E-state index contributed by atoms with van der Waals surface area (Å²) in [5.41, 5.74) is 0.626. The van der Waals surface area contributed by atoms with E-state index >= 15 is 0 Å². The van der Waals surface area contributed by atoms with Gasteiger partial charge in [0.1, 0.15) is 6.26 Å². The molecule has 0 saturated carbocycles. The average molecular weight is 195 g/mol. The molecule has 2 unspecified atom stereocenters. The number of ether oxygens (including phenoxy) is 1. The monoisotopic (exact) mass is 195 g/mol. The van der Waals surface area contributed by atoms with Crippen LogP contribution in [0.15, 0.2) is 23.0 Å². The van der Waals surface area contributed by atoms with Gasteiger partial charge < -0.3 is 14.5 Å². The number of carbonyl (C=O) groups excluding carboxylic acids is 1. The molecule has 4 nitrogen and oxygen atoms in total. The zero-order valence-corrected chi connectivity index (χ0v) is 8.03. The van der Waals surface area contributed by atoms with Gasteiger partial charge in [0.2, 0.25) is 0 Å². The summed E-state index contributed by atoms with van der Waals surface area (Å²) in [5.74, 6) is 0.00759.